The number of aromatic nitrogens is 2. The lowest BCUT2D eigenvalue weighted by Crippen LogP contribution is -2.45. The Kier molecular flexibility index (Phi) is 4.71. The van der Waals surface area contributed by atoms with Gasteiger partial charge in [0.05, 0.1) is 0 Å². The molecule has 0 aliphatic carbocycles. The fourth-order valence-corrected chi connectivity index (χ4v) is 3.62. The van der Waals surface area contributed by atoms with Crippen molar-refractivity contribution >= 4 is 22.6 Å². The van der Waals surface area contributed by atoms with Crippen LogP contribution in [0.25, 0.3) is 10.9 Å². The molecule has 1 aliphatic heterocycles. The molecule has 0 atom stereocenters. The average molecular weight is 364 g/mol. The van der Waals surface area contributed by atoms with Crippen molar-refractivity contribution in [2.75, 3.05) is 18.0 Å². The average Bonchev–Trinajstić information content (AvgIpc) is 2.69. The third-order valence-corrected chi connectivity index (χ3v) is 5.11. The second-order valence-electron chi connectivity index (χ2n) is 6.88. The van der Waals surface area contributed by atoms with Gasteiger partial charge in [0.15, 0.2) is 0 Å². The highest BCUT2D eigenvalue weighted by molar-refractivity contribution is 5.95. The maximum Gasteiger partial charge on any atom is 0.251 e. The molecule has 4 rings (SSSR count). The normalized spacial score (nSPS) is 15.1. The van der Waals surface area contributed by atoms with Gasteiger partial charge in [0.2, 0.25) is 0 Å². The highest BCUT2D eigenvalue weighted by Gasteiger charge is 2.24. The van der Waals surface area contributed by atoms with E-state index in [4.69, 9.17) is 0 Å². The zero-order valence-electron chi connectivity index (χ0n) is 15.2. The van der Waals surface area contributed by atoms with E-state index in [-0.39, 0.29) is 17.8 Å². The minimum Gasteiger partial charge on any atom is -0.356 e. The first-order valence-electron chi connectivity index (χ1n) is 9.14. The molecule has 1 amide bonds. The summed E-state index contributed by atoms with van der Waals surface area (Å²) in [5, 5.41) is 3.86. The van der Waals surface area contributed by atoms with Crippen molar-refractivity contribution in [3.63, 3.8) is 0 Å². The van der Waals surface area contributed by atoms with Gasteiger partial charge in [0.1, 0.15) is 23.5 Å². The van der Waals surface area contributed by atoms with Crippen molar-refractivity contribution in [3.05, 3.63) is 65.7 Å². The fourth-order valence-electron chi connectivity index (χ4n) is 3.62. The minimum atomic E-state index is -0.337. The second-order valence-corrected chi connectivity index (χ2v) is 6.88. The number of para-hydroxylation sites is 1. The summed E-state index contributed by atoms with van der Waals surface area (Å²) in [6.07, 6.45) is 3.05. The zero-order chi connectivity index (χ0) is 18.8. The van der Waals surface area contributed by atoms with Gasteiger partial charge in [-0.15, -0.1) is 0 Å². The summed E-state index contributed by atoms with van der Waals surface area (Å²) in [5.41, 5.74) is 2.04. The maximum atomic E-state index is 14.0. The Balaban J connectivity index is 1.45. The highest BCUT2D eigenvalue weighted by Crippen LogP contribution is 2.27. The van der Waals surface area contributed by atoms with E-state index in [0.29, 0.717) is 5.52 Å². The van der Waals surface area contributed by atoms with Crippen molar-refractivity contribution in [2.45, 2.75) is 25.8 Å². The van der Waals surface area contributed by atoms with E-state index in [0.717, 1.165) is 48.3 Å². The van der Waals surface area contributed by atoms with Gasteiger partial charge in [-0.3, -0.25) is 4.79 Å². The molecule has 0 saturated carbocycles. The number of halogens is 1. The van der Waals surface area contributed by atoms with Crippen LogP contribution in [0, 0.1) is 12.7 Å². The molecule has 1 fully saturated rings. The molecular formula is C21H21FN4O. The van der Waals surface area contributed by atoms with Crippen molar-refractivity contribution in [3.8, 4) is 0 Å². The van der Waals surface area contributed by atoms with Gasteiger partial charge in [-0.05, 0) is 43.5 Å². The van der Waals surface area contributed by atoms with Crippen LogP contribution in [-0.2, 0) is 0 Å². The smallest absolute Gasteiger partial charge is 0.251 e. The molecule has 27 heavy (non-hydrogen) atoms. The number of fused-ring (bicyclic) bond motifs is 1. The molecule has 1 aliphatic rings. The van der Waals surface area contributed by atoms with Crippen LogP contribution in [-0.4, -0.2) is 35.0 Å². The predicted octanol–water partition coefficient (Wildman–Crippen LogP) is 3.48. The van der Waals surface area contributed by atoms with E-state index in [1.165, 1.54) is 12.4 Å². The quantitative estimate of drug-likeness (QED) is 0.773. The molecule has 2 aromatic carbocycles. The molecule has 0 radical (unpaired) electrons. The molecule has 1 N–H and O–H groups in total. The summed E-state index contributed by atoms with van der Waals surface area (Å²) in [4.78, 5) is 23.1. The van der Waals surface area contributed by atoms with Crippen LogP contribution in [0.3, 0.4) is 0 Å². The van der Waals surface area contributed by atoms with Crippen molar-refractivity contribution in [1.82, 2.24) is 15.3 Å². The second kappa shape index (κ2) is 7.31. The molecule has 1 saturated heterocycles. The zero-order valence-corrected chi connectivity index (χ0v) is 15.2. The van der Waals surface area contributed by atoms with E-state index in [9.17, 15) is 9.18 Å². The van der Waals surface area contributed by atoms with Gasteiger partial charge < -0.3 is 10.2 Å². The van der Waals surface area contributed by atoms with Crippen LogP contribution in [0.15, 0.2) is 48.8 Å². The van der Waals surface area contributed by atoms with Crippen molar-refractivity contribution < 1.29 is 9.18 Å². The number of amides is 1. The summed E-state index contributed by atoms with van der Waals surface area (Å²) in [6, 6.07) is 12.7. The number of nitrogens with one attached hydrogen (secondary N) is 1. The molecule has 5 nitrogen and oxygen atoms in total. The number of rotatable bonds is 3. The van der Waals surface area contributed by atoms with E-state index >= 15 is 0 Å². The number of aryl methyl sites for hydroxylation is 1. The Morgan fingerprint density at radius 2 is 1.89 bits per heavy atom. The molecule has 0 unspecified atom stereocenters. The SMILES string of the molecule is Cc1ccccc1C(=O)NC1CCN(c2ncnc3c(F)cccc23)CC1. The number of nitrogens with zero attached hydrogens (tertiary/aromatic N) is 3. The van der Waals surface area contributed by atoms with E-state index in [1.54, 1.807) is 6.07 Å². The van der Waals surface area contributed by atoms with Gasteiger partial charge in [-0.2, -0.15) is 0 Å². The van der Waals surface area contributed by atoms with Gasteiger partial charge in [-0.1, -0.05) is 24.3 Å². The first kappa shape index (κ1) is 17.4. The molecule has 3 aromatic rings. The number of piperidine rings is 1. The fraction of sp³-hybridized carbons (Fsp3) is 0.286. The number of carbonyl (C=O) groups excluding carboxylic acids is 1. The highest BCUT2D eigenvalue weighted by atomic mass is 19.1. The van der Waals surface area contributed by atoms with Gasteiger partial charge >= 0.3 is 0 Å². The molecule has 2 heterocycles. The number of benzene rings is 2. The van der Waals surface area contributed by atoms with Gasteiger partial charge in [-0.25, -0.2) is 14.4 Å². The molecular weight excluding hydrogens is 343 g/mol. The summed E-state index contributed by atoms with van der Waals surface area (Å²) in [7, 11) is 0. The third kappa shape index (κ3) is 3.47. The predicted molar refractivity (Wildman–Crippen MR) is 103 cm³/mol. The minimum absolute atomic E-state index is 0.0268. The topological polar surface area (TPSA) is 58.1 Å². The number of hydrogen-bond donors (Lipinski definition) is 1. The Morgan fingerprint density at radius 1 is 1.11 bits per heavy atom. The lowest BCUT2D eigenvalue weighted by atomic mass is 10.0. The van der Waals surface area contributed by atoms with Gasteiger partial charge in [0.25, 0.3) is 5.91 Å². The molecule has 138 valence electrons. The first-order valence-corrected chi connectivity index (χ1v) is 9.14. The number of carbonyl (C=O) groups is 1. The van der Waals surface area contributed by atoms with Crippen molar-refractivity contribution in [1.29, 1.82) is 0 Å². The van der Waals surface area contributed by atoms with E-state index in [2.05, 4.69) is 20.2 Å². The summed E-state index contributed by atoms with van der Waals surface area (Å²) >= 11 is 0. The lowest BCUT2D eigenvalue weighted by Gasteiger charge is -2.33. The Morgan fingerprint density at radius 3 is 2.67 bits per heavy atom. The molecule has 1 aromatic heterocycles. The summed E-state index contributed by atoms with van der Waals surface area (Å²) in [6.45, 7) is 3.44. The summed E-state index contributed by atoms with van der Waals surface area (Å²) < 4.78 is 14.0. The lowest BCUT2D eigenvalue weighted by molar-refractivity contribution is 0.0930. The maximum absolute atomic E-state index is 14.0. The van der Waals surface area contributed by atoms with Crippen LogP contribution in [0.4, 0.5) is 10.2 Å². The molecule has 0 spiro atoms. The van der Waals surface area contributed by atoms with Crippen LogP contribution < -0.4 is 10.2 Å². The van der Waals surface area contributed by atoms with Crippen LogP contribution in [0.2, 0.25) is 0 Å². The van der Waals surface area contributed by atoms with E-state index < -0.39 is 0 Å². The third-order valence-electron chi connectivity index (χ3n) is 5.11. The Hall–Kier alpha value is -3.02. The Labute approximate surface area is 157 Å². The van der Waals surface area contributed by atoms with Crippen LogP contribution in [0.1, 0.15) is 28.8 Å². The largest absolute Gasteiger partial charge is 0.356 e. The van der Waals surface area contributed by atoms with Crippen molar-refractivity contribution in [2.24, 2.45) is 0 Å². The standard InChI is InChI=1S/C21H21FN4O/c1-14-5-2-3-6-16(14)21(27)25-15-9-11-26(12-10-15)20-17-7-4-8-18(22)19(17)23-13-24-20/h2-8,13,15H,9-12H2,1H3,(H,25,27). The molecule has 0 bridgehead atoms. The van der Waals surface area contributed by atoms with Gasteiger partial charge in [0, 0.05) is 30.1 Å². The Bertz CT molecular complexity index is 983. The van der Waals surface area contributed by atoms with Crippen LogP contribution in [0.5, 0.6) is 0 Å². The van der Waals surface area contributed by atoms with E-state index in [1.807, 2.05) is 37.3 Å². The number of hydrogen-bond acceptors (Lipinski definition) is 4. The molecule has 6 heteroatoms. The first-order chi connectivity index (χ1) is 13.1. The van der Waals surface area contributed by atoms with Crippen LogP contribution >= 0.6 is 0 Å². The monoisotopic (exact) mass is 364 g/mol. The summed E-state index contributed by atoms with van der Waals surface area (Å²) in [5.74, 6) is 0.390. The number of anilines is 1.